The van der Waals surface area contributed by atoms with Gasteiger partial charge in [-0.15, -0.1) is 0 Å². The summed E-state index contributed by atoms with van der Waals surface area (Å²) in [6, 6.07) is 8.84. The van der Waals surface area contributed by atoms with Crippen LogP contribution in [-0.4, -0.2) is 32.3 Å². The second-order valence-corrected chi connectivity index (χ2v) is 5.47. The predicted octanol–water partition coefficient (Wildman–Crippen LogP) is 2.58. The second-order valence-electron chi connectivity index (χ2n) is 5.47. The molecule has 1 aliphatic heterocycles. The van der Waals surface area contributed by atoms with Crippen LogP contribution in [0.4, 0.5) is 5.69 Å². The molecule has 0 aliphatic carbocycles. The molecule has 1 aromatic carbocycles. The van der Waals surface area contributed by atoms with E-state index in [4.69, 9.17) is 10.5 Å². The zero-order valence-corrected chi connectivity index (χ0v) is 12.2. The molecule has 1 fully saturated rings. The number of likely N-dealkylation sites (N-methyl/N-ethyl adjacent to an activating group) is 1. The van der Waals surface area contributed by atoms with Crippen LogP contribution in [-0.2, 0) is 11.2 Å². The third-order valence-corrected chi connectivity index (χ3v) is 4.47. The molecule has 0 amide bonds. The number of hydrogen-bond acceptors (Lipinski definition) is 3. The fourth-order valence-electron chi connectivity index (χ4n) is 2.90. The maximum atomic E-state index is 6.10. The lowest BCUT2D eigenvalue weighted by Gasteiger charge is -2.42. The van der Waals surface area contributed by atoms with E-state index >= 15 is 0 Å². The number of benzene rings is 1. The summed E-state index contributed by atoms with van der Waals surface area (Å²) in [7, 11) is 2.17. The quantitative estimate of drug-likeness (QED) is 0.906. The van der Waals surface area contributed by atoms with Gasteiger partial charge in [-0.2, -0.15) is 0 Å². The van der Waals surface area contributed by atoms with Crippen LogP contribution in [0.1, 0.15) is 31.7 Å². The van der Waals surface area contributed by atoms with Crippen LogP contribution in [0.2, 0.25) is 0 Å². The van der Waals surface area contributed by atoms with Crippen LogP contribution in [0.25, 0.3) is 0 Å². The van der Waals surface area contributed by atoms with E-state index in [2.05, 4.69) is 43.1 Å². The first kappa shape index (κ1) is 14.4. The van der Waals surface area contributed by atoms with Gasteiger partial charge in [0.1, 0.15) is 0 Å². The summed E-state index contributed by atoms with van der Waals surface area (Å²) in [5.74, 6) is 0. The molecule has 19 heavy (non-hydrogen) atoms. The van der Waals surface area contributed by atoms with Crippen LogP contribution in [0.5, 0.6) is 0 Å². The van der Waals surface area contributed by atoms with Crippen LogP contribution < -0.4 is 10.6 Å². The minimum Gasteiger partial charge on any atom is -0.381 e. The number of nitrogens with zero attached hydrogens (tertiary/aromatic N) is 1. The van der Waals surface area contributed by atoms with E-state index in [9.17, 15) is 0 Å². The number of rotatable bonds is 4. The van der Waals surface area contributed by atoms with Crippen LogP contribution in [0, 0.1) is 0 Å². The highest BCUT2D eigenvalue weighted by Crippen LogP contribution is 2.31. The highest BCUT2D eigenvalue weighted by molar-refractivity contribution is 5.49. The molecule has 1 saturated heterocycles. The van der Waals surface area contributed by atoms with Crippen LogP contribution >= 0.6 is 0 Å². The molecule has 1 aliphatic rings. The van der Waals surface area contributed by atoms with Crippen molar-refractivity contribution < 1.29 is 4.74 Å². The molecule has 1 aromatic rings. The Morgan fingerprint density at radius 2 is 1.95 bits per heavy atom. The highest BCUT2D eigenvalue weighted by atomic mass is 16.5. The van der Waals surface area contributed by atoms with E-state index in [1.807, 2.05) is 0 Å². The molecule has 0 spiro atoms. The molecule has 0 saturated carbocycles. The van der Waals surface area contributed by atoms with Gasteiger partial charge in [-0.05, 0) is 43.4 Å². The van der Waals surface area contributed by atoms with Crippen molar-refractivity contribution in [2.45, 2.75) is 38.1 Å². The van der Waals surface area contributed by atoms with E-state index in [1.54, 1.807) is 0 Å². The van der Waals surface area contributed by atoms with Crippen LogP contribution in [0.3, 0.4) is 0 Å². The van der Waals surface area contributed by atoms with Gasteiger partial charge in [-0.1, -0.05) is 19.1 Å². The van der Waals surface area contributed by atoms with Crippen LogP contribution in [0.15, 0.2) is 24.3 Å². The standard InChI is InChI=1S/C16H26N2O/c1-3-14-5-7-15(8-6-14)18(2)16(13-17)9-4-11-19-12-10-16/h5-8H,3-4,9-13,17H2,1-2H3. The first-order valence-electron chi connectivity index (χ1n) is 7.32. The maximum absolute atomic E-state index is 6.10. The van der Waals surface area contributed by atoms with E-state index in [1.165, 1.54) is 11.3 Å². The lowest BCUT2D eigenvalue weighted by Crippen LogP contribution is -2.52. The van der Waals surface area contributed by atoms with Gasteiger partial charge in [0, 0.05) is 32.5 Å². The monoisotopic (exact) mass is 262 g/mol. The molecule has 0 aromatic heterocycles. The van der Waals surface area contributed by atoms with E-state index in [-0.39, 0.29) is 5.54 Å². The fraction of sp³-hybridized carbons (Fsp3) is 0.625. The Morgan fingerprint density at radius 1 is 1.21 bits per heavy atom. The number of ether oxygens (including phenoxy) is 1. The summed E-state index contributed by atoms with van der Waals surface area (Å²) in [5.41, 5.74) is 8.78. The van der Waals surface area contributed by atoms with Gasteiger partial charge in [0.25, 0.3) is 0 Å². The summed E-state index contributed by atoms with van der Waals surface area (Å²) in [5, 5.41) is 0. The minimum atomic E-state index is 0.0459. The zero-order chi connectivity index (χ0) is 13.7. The largest absolute Gasteiger partial charge is 0.381 e. The Hall–Kier alpha value is -1.06. The molecule has 0 radical (unpaired) electrons. The smallest absolute Gasteiger partial charge is 0.0543 e. The van der Waals surface area contributed by atoms with Gasteiger partial charge in [-0.25, -0.2) is 0 Å². The van der Waals surface area contributed by atoms with Crippen molar-refractivity contribution in [3.63, 3.8) is 0 Å². The fourth-order valence-corrected chi connectivity index (χ4v) is 2.90. The first-order chi connectivity index (χ1) is 9.22. The minimum absolute atomic E-state index is 0.0459. The Labute approximate surface area is 116 Å². The normalized spacial score (nSPS) is 23.9. The molecular formula is C16H26N2O. The summed E-state index contributed by atoms with van der Waals surface area (Å²) in [6.07, 6.45) is 4.29. The number of anilines is 1. The van der Waals surface area contributed by atoms with Crippen molar-refractivity contribution in [2.75, 3.05) is 31.7 Å². The van der Waals surface area contributed by atoms with E-state index in [0.717, 1.165) is 38.9 Å². The summed E-state index contributed by atoms with van der Waals surface area (Å²) < 4.78 is 5.59. The molecule has 0 bridgehead atoms. The topological polar surface area (TPSA) is 38.5 Å². The maximum Gasteiger partial charge on any atom is 0.0543 e. The Morgan fingerprint density at radius 3 is 2.58 bits per heavy atom. The first-order valence-corrected chi connectivity index (χ1v) is 7.32. The zero-order valence-electron chi connectivity index (χ0n) is 12.2. The SMILES string of the molecule is CCc1ccc(N(C)C2(CN)CCCOCC2)cc1. The Balaban J connectivity index is 2.20. The van der Waals surface area contributed by atoms with Gasteiger partial charge < -0.3 is 15.4 Å². The molecule has 1 heterocycles. The van der Waals surface area contributed by atoms with Gasteiger partial charge in [0.15, 0.2) is 0 Å². The average molecular weight is 262 g/mol. The highest BCUT2D eigenvalue weighted by Gasteiger charge is 2.34. The van der Waals surface area contributed by atoms with Gasteiger partial charge in [0.05, 0.1) is 5.54 Å². The summed E-state index contributed by atoms with van der Waals surface area (Å²) in [6.45, 7) is 4.55. The number of hydrogen-bond donors (Lipinski definition) is 1. The molecule has 3 nitrogen and oxygen atoms in total. The Bertz CT molecular complexity index is 380. The van der Waals surface area contributed by atoms with Gasteiger partial charge in [-0.3, -0.25) is 0 Å². The molecule has 2 rings (SSSR count). The summed E-state index contributed by atoms with van der Waals surface area (Å²) >= 11 is 0. The number of aryl methyl sites for hydroxylation is 1. The second kappa shape index (κ2) is 6.40. The lowest BCUT2D eigenvalue weighted by molar-refractivity contribution is 0.139. The molecule has 1 unspecified atom stereocenters. The molecule has 2 N–H and O–H groups in total. The van der Waals surface area contributed by atoms with Gasteiger partial charge >= 0.3 is 0 Å². The molecule has 1 atom stereocenters. The third-order valence-electron chi connectivity index (χ3n) is 4.47. The van der Waals surface area contributed by atoms with Crippen molar-refractivity contribution in [1.29, 1.82) is 0 Å². The van der Waals surface area contributed by atoms with Crippen molar-refractivity contribution >= 4 is 5.69 Å². The molecular weight excluding hydrogens is 236 g/mol. The van der Waals surface area contributed by atoms with Crippen molar-refractivity contribution in [3.8, 4) is 0 Å². The number of nitrogens with two attached hydrogens (primary N) is 1. The predicted molar refractivity (Wildman–Crippen MR) is 80.7 cm³/mol. The van der Waals surface area contributed by atoms with E-state index < -0.39 is 0 Å². The van der Waals surface area contributed by atoms with Gasteiger partial charge in [0.2, 0.25) is 0 Å². The van der Waals surface area contributed by atoms with Crippen molar-refractivity contribution in [1.82, 2.24) is 0 Å². The molecule has 106 valence electrons. The summed E-state index contributed by atoms with van der Waals surface area (Å²) in [4.78, 5) is 2.36. The van der Waals surface area contributed by atoms with E-state index in [0.29, 0.717) is 6.54 Å². The lowest BCUT2D eigenvalue weighted by atomic mass is 9.88. The third kappa shape index (κ3) is 3.10. The van der Waals surface area contributed by atoms with Crippen molar-refractivity contribution in [2.24, 2.45) is 5.73 Å². The van der Waals surface area contributed by atoms with Crippen molar-refractivity contribution in [3.05, 3.63) is 29.8 Å². The Kier molecular flexibility index (Phi) is 4.83. The average Bonchev–Trinajstić information content (AvgIpc) is 2.73. The molecule has 3 heteroatoms.